The van der Waals surface area contributed by atoms with Crippen LogP contribution in [0.5, 0.6) is 0 Å². The molecule has 3 nitrogen and oxygen atoms in total. The van der Waals surface area contributed by atoms with E-state index in [2.05, 4.69) is 0 Å². The number of hydrogen-bond donors (Lipinski definition) is 1. The molecule has 0 amide bonds. The topological polar surface area (TPSA) is 61.1 Å². The smallest absolute Gasteiger partial charge is 0.193 e. The van der Waals surface area contributed by atoms with Crippen LogP contribution in [0.25, 0.3) is 0 Å². The van der Waals surface area contributed by atoms with Crippen LogP contribution >= 0.6 is 0 Å². The van der Waals surface area contributed by atoms with Crippen LogP contribution in [-0.4, -0.2) is 10.9 Å². The Bertz CT molecular complexity index is 876. The van der Waals surface area contributed by atoms with Crippen molar-refractivity contribution in [2.75, 3.05) is 0 Å². The third-order valence-electron chi connectivity index (χ3n) is 3.88. The molecule has 1 N–H and O–H groups in total. The van der Waals surface area contributed by atoms with Gasteiger partial charge in [0.25, 0.3) is 0 Å². The zero-order chi connectivity index (χ0) is 16.9. The first-order valence-corrected chi connectivity index (χ1v) is 7.57. The van der Waals surface area contributed by atoms with Gasteiger partial charge in [0.05, 0.1) is 11.6 Å². The molecule has 1 atom stereocenters. The van der Waals surface area contributed by atoms with Gasteiger partial charge >= 0.3 is 0 Å². The maximum absolute atomic E-state index is 12.4. The Kier molecular flexibility index (Phi) is 4.51. The van der Waals surface area contributed by atoms with Gasteiger partial charge in [-0.25, -0.2) is 0 Å². The number of ketones is 1. The predicted octanol–water partition coefficient (Wildman–Crippen LogP) is 3.87. The molecule has 0 spiro atoms. The maximum Gasteiger partial charge on any atom is 0.193 e. The summed E-state index contributed by atoms with van der Waals surface area (Å²) in [4.78, 5) is 12.4. The van der Waals surface area contributed by atoms with Crippen LogP contribution in [0.4, 0.5) is 0 Å². The molecular weight excluding hydrogens is 298 g/mol. The fraction of sp³-hybridized carbons (Fsp3) is 0.0476. The standard InChI is InChI=1S/C21H15NO2/c22-14-15-6-8-17(9-7-15)21(24)19-12-10-18(11-13-19)20(23)16-4-2-1-3-5-16/h1-13,21,24H. The van der Waals surface area contributed by atoms with Gasteiger partial charge in [-0.3, -0.25) is 4.79 Å². The molecule has 0 aliphatic heterocycles. The van der Waals surface area contributed by atoms with Crippen LogP contribution in [-0.2, 0) is 0 Å². The summed E-state index contributed by atoms with van der Waals surface area (Å²) in [5.41, 5.74) is 3.17. The zero-order valence-corrected chi connectivity index (χ0v) is 12.9. The number of aliphatic hydroxyl groups is 1. The van der Waals surface area contributed by atoms with Crippen LogP contribution in [0, 0.1) is 11.3 Å². The highest BCUT2D eigenvalue weighted by Crippen LogP contribution is 2.23. The lowest BCUT2D eigenvalue weighted by Gasteiger charge is -2.12. The molecule has 0 bridgehead atoms. The van der Waals surface area contributed by atoms with Gasteiger partial charge in [0.2, 0.25) is 0 Å². The van der Waals surface area contributed by atoms with Crippen LogP contribution in [0.2, 0.25) is 0 Å². The molecule has 3 rings (SSSR count). The SMILES string of the molecule is N#Cc1ccc(C(O)c2ccc(C(=O)c3ccccc3)cc2)cc1. The van der Waals surface area contributed by atoms with E-state index in [1.54, 1.807) is 60.7 Å². The number of carbonyl (C=O) groups excluding carboxylic acids is 1. The zero-order valence-electron chi connectivity index (χ0n) is 12.9. The Morgan fingerprint density at radius 3 is 1.83 bits per heavy atom. The van der Waals surface area contributed by atoms with Gasteiger partial charge in [0.15, 0.2) is 5.78 Å². The Labute approximate surface area is 140 Å². The van der Waals surface area contributed by atoms with Crippen LogP contribution in [0.15, 0.2) is 78.9 Å². The highest BCUT2D eigenvalue weighted by atomic mass is 16.3. The molecule has 0 heterocycles. The minimum atomic E-state index is -0.793. The summed E-state index contributed by atoms with van der Waals surface area (Å²) in [5, 5.41) is 19.3. The van der Waals surface area contributed by atoms with E-state index >= 15 is 0 Å². The first-order valence-electron chi connectivity index (χ1n) is 7.57. The Morgan fingerprint density at radius 1 is 0.792 bits per heavy atom. The van der Waals surface area contributed by atoms with Gasteiger partial charge in [-0.2, -0.15) is 5.26 Å². The summed E-state index contributed by atoms with van der Waals surface area (Å²) in [6.45, 7) is 0. The van der Waals surface area contributed by atoms with E-state index in [4.69, 9.17) is 5.26 Å². The van der Waals surface area contributed by atoms with E-state index in [0.29, 0.717) is 27.8 Å². The van der Waals surface area contributed by atoms with Crippen LogP contribution in [0.3, 0.4) is 0 Å². The third-order valence-corrected chi connectivity index (χ3v) is 3.88. The monoisotopic (exact) mass is 313 g/mol. The van der Waals surface area contributed by atoms with Crippen LogP contribution < -0.4 is 0 Å². The van der Waals surface area contributed by atoms with Gasteiger partial charge in [0, 0.05) is 11.1 Å². The van der Waals surface area contributed by atoms with E-state index in [1.165, 1.54) is 0 Å². The fourth-order valence-corrected chi connectivity index (χ4v) is 2.51. The van der Waals surface area contributed by atoms with Crippen molar-refractivity contribution in [1.82, 2.24) is 0 Å². The number of rotatable bonds is 4. The molecule has 0 saturated carbocycles. The summed E-state index contributed by atoms with van der Waals surface area (Å²) in [5.74, 6) is -0.0463. The Morgan fingerprint density at radius 2 is 1.29 bits per heavy atom. The van der Waals surface area contributed by atoms with Crippen molar-refractivity contribution < 1.29 is 9.90 Å². The van der Waals surface area contributed by atoms with Crippen molar-refractivity contribution >= 4 is 5.78 Å². The Balaban J connectivity index is 1.81. The number of nitrogens with zero attached hydrogens (tertiary/aromatic N) is 1. The van der Waals surface area contributed by atoms with Crippen molar-refractivity contribution in [1.29, 1.82) is 5.26 Å². The predicted molar refractivity (Wildman–Crippen MR) is 91.5 cm³/mol. The fourth-order valence-electron chi connectivity index (χ4n) is 2.51. The molecule has 24 heavy (non-hydrogen) atoms. The highest BCUT2D eigenvalue weighted by Gasteiger charge is 2.13. The second-order valence-corrected chi connectivity index (χ2v) is 5.45. The molecule has 3 heteroatoms. The summed E-state index contributed by atoms with van der Waals surface area (Å²) in [7, 11) is 0. The third kappa shape index (κ3) is 3.24. The molecule has 3 aromatic rings. The minimum absolute atomic E-state index is 0.0463. The summed E-state index contributed by atoms with van der Waals surface area (Å²) in [6.07, 6.45) is -0.793. The van der Waals surface area contributed by atoms with Gasteiger partial charge in [0.1, 0.15) is 6.10 Å². The number of hydrogen-bond acceptors (Lipinski definition) is 3. The van der Waals surface area contributed by atoms with Crippen molar-refractivity contribution in [3.63, 3.8) is 0 Å². The number of aliphatic hydroxyl groups excluding tert-OH is 1. The number of benzene rings is 3. The lowest BCUT2D eigenvalue weighted by molar-refractivity contribution is 0.103. The average Bonchev–Trinajstić information content (AvgIpc) is 2.68. The van der Waals surface area contributed by atoms with Gasteiger partial charge < -0.3 is 5.11 Å². The van der Waals surface area contributed by atoms with Gasteiger partial charge in [-0.15, -0.1) is 0 Å². The van der Waals surface area contributed by atoms with Crippen molar-refractivity contribution in [3.8, 4) is 6.07 Å². The van der Waals surface area contributed by atoms with E-state index < -0.39 is 6.10 Å². The van der Waals surface area contributed by atoms with E-state index in [1.807, 2.05) is 24.3 Å². The van der Waals surface area contributed by atoms with E-state index in [0.717, 1.165) is 0 Å². The lowest BCUT2D eigenvalue weighted by atomic mass is 9.97. The molecule has 0 fully saturated rings. The minimum Gasteiger partial charge on any atom is -0.384 e. The molecule has 3 aromatic carbocycles. The summed E-state index contributed by atoms with van der Waals surface area (Å²) in [6, 6.07) is 24.9. The first kappa shape index (κ1) is 15.7. The van der Waals surface area contributed by atoms with Gasteiger partial charge in [-0.05, 0) is 23.3 Å². The highest BCUT2D eigenvalue weighted by molar-refractivity contribution is 6.08. The van der Waals surface area contributed by atoms with E-state index in [-0.39, 0.29) is 5.78 Å². The molecule has 1 unspecified atom stereocenters. The second kappa shape index (κ2) is 6.91. The summed E-state index contributed by atoms with van der Waals surface area (Å²) < 4.78 is 0. The molecule has 0 aliphatic carbocycles. The first-order chi connectivity index (χ1) is 11.7. The average molecular weight is 313 g/mol. The molecule has 116 valence electrons. The maximum atomic E-state index is 12.4. The van der Waals surface area contributed by atoms with Crippen LogP contribution in [0.1, 0.15) is 38.7 Å². The molecule has 0 aliphatic rings. The quantitative estimate of drug-likeness (QED) is 0.744. The van der Waals surface area contributed by atoms with Crippen molar-refractivity contribution in [3.05, 3.63) is 107 Å². The number of nitriles is 1. The largest absolute Gasteiger partial charge is 0.384 e. The Hall–Kier alpha value is -3.22. The molecule has 0 radical (unpaired) electrons. The van der Waals surface area contributed by atoms with Crippen molar-refractivity contribution in [2.45, 2.75) is 6.10 Å². The lowest BCUT2D eigenvalue weighted by Crippen LogP contribution is -2.03. The molecular formula is C21H15NO2. The number of carbonyl (C=O) groups is 1. The molecule has 0 aromatic heterocycles. The summed E-state index contributed by atoms with van der Waals surface area (Å²) >= 11 is 0. The second-order valence-electron chi connectivity index (χ2n) is 5.45. The molecule has 0 saturated heterocycles. The van der Waals surface area contributed by atoms with E-state index in [9.17, 15) is 9.90 Å². The van der Waals surface area contributed by atoms with Crippen molar-refractivity contribution in [2.24, 2.45) is 0 Å². The van der Waals surface area contributed by atoms with Gasteiger partial charge in [-0.1, -0.05) is 66.7 Å². The normalized spacial score (nSPS) is 11.5.